The molecule has 0 amide bonds. The van der Waals surface area contributed by atoms with Gasteiger partial charge >= 0.3 is 5.97 Å². The van der Waals surface area contributed by atoms with E-state index in [0.717, 1.165) is 0 Å². The molecule has 5 nitrogen and oxygen atoms in total. The molecular weight excluding hydrogens is 250 g/mol. The summed E-state index contributed by atoms with van der Waals surface area (Å²) < 4.78 is 5.17. The van der Waals surface area contributed by atoms with Gasteiger partial charge in [0.05, 0.1) is 5.75 Å². The highest BCUT2D eigenvalue weighted by atomic mass is 32.2. The number of aryl methyl sites for hydroxylation is 1. The van der Waals surface area contributed by atoms with Crippen molar-refractivity contribution >= 4 is 17.7 Å². The van der Waals surface area contributed by atoms with Gasteiger partial charge in [-0.3, -0.25) is 4.79 Å². The lowest BCUT2D eigenvalue weighted by atomic mass is 10.2. The van der Waals surface area contributed by atoms with E-state index in [1.807, 2.05) is 26.8 Å². The maximum Gasteiger partial charge on any atom is 0.316 e. The second kappa shape index (κ2) is 5.83. The Bertz CT molecular complexity index is 489. The fraction of sp³-hybridized carbons (Fsp3) is 0.500. The third-order valence-corrected chi connectivity index (χ3v) is 2.51. The molecule has 1 rings (SSSR count). The summed E-state index contributed by atoms with van der Waals surface area (Å²) in [6.07, 6.45) is 0. The highest BCUT2D eigenvalue weighted by Gasteiger charge is 2.16. The van der Waals surface area contributed by atoms with Crippen molar-refractivity contribution in [3.8, 4) is 6.07 Å². The first-order valence-electron chi connectivity index (χ1n) is 5.40. The van der Waals surface area contributed by atoms with E-state index in [1.54, 1.807) is 13.0 Å². The Morgan fingerprint density at radius 3 is 2.72 bits per heavy atom. The lowest BCUT2D eigenvalue weighted by Crippen LogP contribution is -2.25. The predicted octanol–water partition coefficient (Wildman–Crippen LogP) is 2.09. The first kappa shape index (κ1) is 14.5. The van der Waals surface area contributed by atoms with Crippen LogP contribution in [0.15, 0.2) is 11.2 Å². The second-order valence-corrected chi connectivity index (χ2v) is 5.61. The van der Waals surface area contributed by atoms with Crippen LogP contribution in [0.1, 0.15) is 32.2 Å². The van der Waals surface area contributed by atoms with Crippen molar-refractivity contribution in [1.29, 1.82) is 5.26 Å². The van der Waals surface area contributed by atoms with Crippen molar-refractivity contribution in [1.82, 2.24) is 9.97 Å². The van der Waals surface area contributed by atoms with Gasteiger partial charge in [-0.2, -0.15) is 5.26 Å². The summed E-state index contributed by atoms with van der Waals surface area (Å²) in [4.78, 5) is 19.7. The maximum atomic E-state index is 11.5. The van der Waals surface area contributed by atoms with Crippen molar-refractivity contribution in [3.63, 3.8) is 0 Å². The monoisotopic (exact) mass is 265 g/mol. The Balaban J connectivity index is 2.62. The number of esters is 1. The summed E-state index contributed by atoms with van der Waals surface area (Å²) in [6, 6.07) is 3.55. The zero-order chi connectivity index (χ0) is 13.8. The van der Waals surface area contributed by atoms with Crippen LogP contribution in [-0.2, 0) is 9.53 Å². The average Bonchev–Trinajstić information content (AvgIpc) is 2.23. The minimum Gasteiger partial charge on any atom is -0.459 e. The molecule has 1 heterocycles. The molecule has 0 aliphatic carbocycles. The van der Waals surface area contributed by atoms with Gasteiger partial charge in [-0.25, -0.2) is 9.97 Å². The van der Waals surface area contributed by atoms with Crippen molar-refractivity contribution in [2.45, 2.75) is 38.5 Å². The van der Waals surface area contributed by atoms with Crippen LogP contribution >= 0.6 is 11.8 Å². The molecule has 0 spiro atoms. The molecule has 0 unspecified atom stereocenters. The Morgan fingerprint density at radius 1 is 1.50 bits per heavy atom. The van der Waals surface area contributed by atoms with Crippen molar-refractivity contribution in [2.24, 2.45) is 0 Å². The van der Waals surface area contributed by atoms with Gasteiger partial charge in [-0.15, -0.1) is 0 Å². The Labute approximate surface area is 111 Å². The van der Waals surface area contributed by atoms with Crippen molar-refractivity contribution in [2.75, 3.05) is 5.75 Å². The molecule has 1 aromatic heterocycles. The van der Waals surface area contributed by atoms with Gasteiger partial charge in [0.1, 0.15) is 17.4 Å². The normalized spacial score (nSPS) is 10.8. The SMILES string of the molecule is Cc1cc(C#N)nc(SCC(=O)OC(C)(C)C)n1. The molecule has 1 aromatic rings. The van der Waals surface area contributed by atoms with E-state index < -0.39 is 5.60 Å². The minimum absolute atomic E-state index is 0.131. The van der Waals surface area contributed by atoms with Crippen LogP contribution in [-0.4, -0.2) is 27.3 Å². The molecule has 0 N–H and O–H groups in total. The van der Waals surface area contributed by atoms with E-state index in [9.17, 15) is 4.79 Å². The average molecular weight is 265 g/mol. The summed E-state index contributed by atoms with van der Waals surface area (Å²) in [5, 5.41) is 9.19. The molecule has 0 radical (unpaired) electrons. The molecule has 18 heavy (non-hydrogen) atoms. The molecule has 0 aromatic carbocycles. The fourth-order valence-electron chi connectivity index (χ4n) is 1.16. The van der Waals surface area contributed by atoms with Crippen LogP contribution in [0.2, 0.25) is 0 Å². The zero-order valence-corrected chi connectivity index (χ0v) is 11.7. The molecule has 0 bridgehead atoms. The minimum atomic E-state index is -0.497. The third kappa shape index (κ3) is 5.15. The van der Waals surface area contributed by atoms with Gasteiger partial charge < -0.3 is 4.74 Å². The number of carbonyl (C=O) groups is 1. The first-order valence-corrected chi connectivity index (χ1v) is 6.39. The van der Waals surface area contributed by atoms with Gasteiger partial charge in [0.2, 0.25) is 0 Å². The lowest BCUT2D eigenvalue weighted by Gasteiger charge is -2.19. The van der Waals surface area contributed by atoms with E-state index in [4.69, 9.17) is 10.00 Å². The zero-order valence-electron chi connectivity index (χ0n) is 10.9. The number of thioether (sulfide) groups is 1. The van der Waals surface area contributed by atoms with Crippen LogP contribution < -0.4 is 0 Å². The number of rotatable bonds is 3. The van der Waals surface area contributed by atoms with Crippen LogP contribution in [0.4, 0.5) is 0 Å². The fourth-order valence-corrected chi connectivity index (χ4v) is 1.83. The molecule has 0 saturated carbocycles. The summed E-state index contributed by atoms with van der Waals surface area (Å²) >= 11 is 1.17. The highest BCUT2D eigenvalue weighted by Crippen LogP contribution is 2.16. The second-order valence-electron chi connectivity index (χ2n) is 4.66. The standard InChI is InChI=1S/C12H15N3O2S/c1-8-5-9(6-13)15-11(14-8)18-7-10(16)17-12(2,3)4/h5H,7H2,1-4H3. The van der Waals surface area contributed by atoms with Gasteiger partial charge in [-0.05, 0) is 33.8 Å². The predicted molar refractivity (Wildman–Crippen MR) is 68.1 cm³/mol. The Kier molecular flexibility index (Phi) is 4.68. The third-order valence-electron chi connectivity index (χ3n) is 1.69. The summed E-state index contributed by atoms with van der Waals surface area (Å²) in [5.74, 6) is -0.192. The number of ether oxygens (including phenoxy) is 1. The van der Waals surface area contributed by atoms with Crippen molar-refractivity contribution < 1.29 is 9.53 Å². The molecule has 6 heteroatoms. The van der Waals surface area contributed by atoms with Gasteiger partial charge in [0.15, 0.2) is 5.16 Å². The molecule has 0 fully saturated rings. The number of nitriles is 1. The van der Waals surface area contributed by atoms with Gasteiger partial charge in [0.25, 0.3) is 0 Å². The topological polar surface area (TPSA) is 75.9 Å². The maximum absolute atomic E-state index is 11.5. The Morgan fingerprint density at radius 2 is 2.17 bits per heavy atom. The molecule has 0 aliphatic heterocycles. The summed E-state index contributed by atoms with van der Waals surface area (Å²) in [7, 11) is 0. The van der Waals surface area contributed by atoms with Crippen LogP contribution in [0.25, 0.3) is 0 Å². The van der Waals surface area contributed by atoms with E-state index in [1.165, 1.54) is 11.8 Å². The van der Waals surface area contributed by atoms with E-state index >= 15 is 0 Å². The molecule has 0 saturated heterocycles. The summed E-state index contributed by atoms with van der Waals surface area (Å²) in [6.45, 7) is 7.21. The van der Waals surface area contributed by atoms with Crippen LogP contribution in [0, 0.1) is 18.3 Å². The quantitative estimate of drug-likeness (QED) is 0.473. The lowest BCUT2D eigenvalue weighted by molar-refractivity contribution is -0.151. The van der Waals surface area contributed by atoms with Crippen molar-refractivity contribution in [3.05, 3.63) is 17.5 Å². The number of hydrogen-bond acceptors (Lipinski definition) is 6. The smallest absolute Gasteiger partial charge is 0.316 e. The Hall–Kier alpha value is -1.61. The van der Waals surface area contributed by atoms with Gasteiger partial charge in [-0.1, -0.05) is 11.8 Å². The molecule has 0 aliphatic rings. The number of hydrogen-bond donors (Lipinski definition) is 0. The highest BCUT2D eigenvalue weighted by molar-refractivity contribution is 7.99. The molecular formula is C12H15N3O2S. The summed E-state index contributed by atoms with van der Waals surface area (Å²) in [5.41, 5.74) is 0.505. The van der Waals surface area contributed by atoms with Gasteiger partial charge in [0, 0.05) is 5.69 Å². The van der Waals surface area contributed by atoms with Crippen LogP contribution in [0.5, 0.6) is 0 Å². The molecule has 0 atom stereocenters. The molecule has 96 valence electrons. The number of nitrogens with zero attached hydrogens (tertiary/aromatic N) is 3. The van der Waals surface area contributed by atoms with E-state index in [-0.39, 0.29) is 11.7 Å². The first-order chi connectivity index (χ1) is 8.30. The van der Waals surface area contributed by atoms with Crippen LogP contribution in [0.3, 0.4) is 0 Å². The largest absolute Gasteiger partial charge is 0.459 e. The van der Waals surface area contributed by atoms with E-state index in [0.29, 0.717) is 16.5 Å². The number of aromatic nitrogens is 2. The van der Waals surface area contributed by atoms with E-state index in [2.05, 4.69) is 9.97 Å². The number of carbonyl (C=O) groups excluding carboxylic acids is 1.